The topological polar surface area (TPSA) is 146 Å². The molecule has 6 aliphatic rings. The number of benzene rings is 3. The third kappa shape index (κ3) is 6.84. The van der Waals surface area contributed by atoms with Gasteiger partial charge in [-0.05, 0) is 85.5 Å². The van der Waals surface area contributed by atoms with E-state index in [2.05, 4.69) is 81.3 Å². The molecule has 1 unspecified atom stereocenters. The lowest BCUT2D eigenvalue weighted by Gasteiger charge is -2.64. The summed E-state index contributed by atoms with van der Waals surface area (Å²) in [6.07, 6.45) is 8.10. The Hall–Kier alpha value is -5.34. The first-order valence-corrected chi connectivity index (χ1v) is 24.2. The van der Waals surface area contributed by atoms with Crippen molar-refractivity contribution < 1.29 is 38.4 Å². The lowest BCUT2D eigenvalue weighted by Crippen LogP contribution is -2.81. The van der Waals surface area contributed by atoms with E-state index in [9.17, 15) is 14.7 Å². The summed E-state index contributed by atoms with van der Waals surface area (Å²) in [6, 6.07) is 18.6. The number of carbonyl (C=O) groups excluding carboxylic acids is 3. The zero-order valence-corrected chi connectivity index (χ0v) is 40.1. The zero-order chi connectivity index (χ0) is 47.0. The lowest BCUT2D eigenvalue weighted by atomic mass is 9.47. The molecule has 9 atom stereocenters. The Morgan fingerprint density at radius 3 is 2.54 bits per heavy atom. The van der Waals surface area contributed by atoms with Crippen LogP contribution in [0.5, 0.6) is 5.75 Å². The van der Waals surface area contributed by atoms with Gasteiger partial charge in [-0.25, -0.2) is 4.79 Å². The fourth-order valence-corrected chi connectivity index (χ4v) is 14.1. The summed E-state index contributed by atoms with van der Waals surface area (Å²) in [7, 11) is 5.09. The number of hydrogen-bond donors (Lipinski definition) is 3. The third-order valence-electron chi connectivity index (χ3n) is 16.5. The van der Waals surface area contributed by atoms with Crippen LogP contribution in [0.2, 0.25) is 5.02 Å². The standard InChI is InChI=1S/C53H62ClN5O8/c1-7-33-24-35-27-52(48(61)65-6,44-38(18-22-58(28-33)29-35)37-12-9-10-13-41(37)56-44)40-25-39-42(26-43(40)64-5)57(4)46-51(39)20-23-59-21-11-19-50(8-2,45(51)59)47(67-32(3)60)53(46,63)31-55-49(62)66-30-34-14-16-36(54)17-15-34/h9-17,19,24-26,35,45-47,56,63H,7-8,18,20-23,27-31H2,1-6H3,(H,55,62)/t35-,45-,46+,47+,50+,51+,52-,53+/m0/s1. The third-order valence-corrected chi connectivity index (χ3v) is 16.7. The molecule has 1 amide bonds. The van der Waals surface area contributed by atoms with Crippen LogP contribution in [0.3, 0.4) is 0 Å². The van der Waals surface area contributed by atoms with Crippen LogP contribution >= 0.6 is 11.6 Å². The lowest BCUT2D eigenvalue weighted by molar-refractivity contribution is -0.217. The molecule has 1 saturated heterocycles. The smallest absolute Gasteiger partial charge is 0.407 e. The number of esters is 2. The minimum atomic E-state index is -1.87. The summed E-state index contributed by atoms with van der Waals surface area (Å²) < 4.78 is 24.6. The summed E-state index contributed by atoms with van der Waals surface area (Å²) in [5, 5.41) is 18.5. The molecule has 6 heterocycles. The number of likely N-dealkylation sites (N-methyl/N-ethyl adjacent to an activating group) is 1. The Kier molecular flexibility index (Phi) is 11.5. The van der Waals surface area contributed by atoms with E-state index in [0.717, 1.165) is 71.5 Å². The quantitative estimate of drug-likeness (QED) is 0.0844. The van der Waals surface area contributed by atoms with Crippen LogP contribution < -0.4 is 15.0 Å². The normalized spacial score (nSPS) is 31.6. The molecular formula is C53H62ClN5O8. The Balaban J connectivity index is 1.18. The number of amides is 1. The van der Waals surface area contributed by atoms with Gasteiger partial charge in [0.25, 0.3) is 0 Å². The van der Waals surface area contributed by atoms with Gasteiger partial charge in [-0.3, -0.25) is 19.4 Å². The van der Waals surface area contributed by atoms with Crippen molar-refractivity contribution in [2.45, 2.75) is 94.1 Å². The van der Waals surface area contributed by atoms with E-state index >= 15 is 4.79 Å². The van der Waals surface area contributed by atoms with Crippen molar-refractivity contribution >= 4 is 46.2 Å². The Morgan fingerprint density at radius 2 is 1.81 bits per heavy atom. The molecule has 1 saturated carbocycles. The van der Waals surface area contributed by atoms with Crippen molar-refractivity contribution in [3.8, 4) is 5.75 Å². The van der Waals surface area contributed by atoms with E-state index in [-0.39, 0.29) is 31.1 Å². The average molecular weight is 933 g/mol. The van der Waals surface area contributed by atoms with Crippen molar-refractivity contribution in [3.63, 3.8) is 0 Å². The van der Waals surface area contributed by atoms with Crippen LogP contribution in [0.15, 0.2) is 84.5 Å². The first-order chi connectivity index (χ1) is 32.3. The number of rotatable bonds is 10. The Bertz CT molecular complexity index is 2680. The maximum atomic E-state index is 15.5. The van der Waals surface area contributed by atoms with Crippen molar-refractivity contribution in [1.82, 2.24) is 20.1 Å². The SMILES string of the molecule is CCC1=C[C@@H]2CN(CCc3c([nH]c4ccccc34)[C@@](C(=O)OC)(c3cc4c(cc3OC)N(C)[C@H]3[C@](O)(CNC(=O)OCc5ccc(Cl)cc5)[C@H](OC(C)=O)[C@]5(CC)C=CCN6CC[C@]43[C@@H]65)C2)C1. The van der Waals surface area contributed by atoms with Crippen LogP contribution in [-0.2, 0) is 47.7 Å². The molecule has 3 N–H and O–H groups in total. The summed E-state index contributed by atoms with van der Waals surface area (Å²) in [5.74, 6) is -0.376. The van der Waals surface area contributed by atoms with Gasteiger partial charge in [-0.1, -0.05) is 79.6 Å². The molecule has 14 heteroatoms. The summed E-state index contributed by atoms with van der Waals surface area (Å²) in [6.45, 7) is 9.28. The van der Waals surface area contributed by atoms with E-state index < -0.39 is 46.1 Å². The van der Waals surface area contributed by atoms with E-state index in [4.69, 9.17) is 30.5 Å². The first-order valence-electron chi connectivity index (χ1n) is 23.8. The highest BCUT2D eigenvalue weighted by molar-refractivity contribution is 6.30. The minimum absolute atomic E-state index is 0.0107. The number of carbonyl (C=O) groups is 3. The molecule has 354 valence electrons. The Morgan fingerprint density at radius 1 is 1.01 bits per heavy atom. The highest BCUT2D eigenvalue weighted by atomic mass is 35.5. The van der Waals surface area contributed by atoms with E-state index in [1.807, 2.05) is 19.2 Å². The second-order valence-corrected chi connectivity index (χ2v) is 20.2. The number of nitrogens with zero attached hydrogens (tertiary/aromatic N) is 3. The fourth-order valence-electron chi connectivity index (χ4n) is 14.0. The van der Waals surface area contributed by atoms with Crippen LogP contribution in [0.4, 0.5) is 10.5 Å². The van der Waals surface area contributed by atoms with Crippen LogP contribution in [0.25, 0.3) is 10.9 Å². The predicted molar refractivity (Wildman–Crippen MR) is 257 cm³/mol. The molecule has 2 bridgehead atoms. The first kappa shape index (κ1) is 45.4. The Labute approximate surface area is 397 Å². The second-order valence-electron chi connectivity index (χ2n) is 19.7. The predicted octanol–water partition coefficient (Wildman–Crippen LogP) is 7.20. The fraction of sp³-hybridized carbons (Fsp3) is 0.491. The van der Waals surface area contributed by atoms with Gasteiger partial charge < -0.3 is 39.3 Å². The monoisotopic (exact) mass is 931 g/mol. The largest absolute Gasteiger partial charge is 0.496 e. The van der Waals surface area contributed by atoms with E-state index in [0.29, 0.717) is 48.7 Å². The number of ether oxygens (including phenoxy) is 4. The number of alkyl carbamates (subject to hydrolysis) is 1. The second kappa shape index (κ2) is 17.0. The van der Waals surface area contributed by atoms with Gasteiger partial charge in [0.2, 0.25) is 0 Å². The number of halogens is 1. The number of nitrogens with one attached hydrogen (secondary N) is 2. The zero-order valence-electron chi connectivity index (χ0n) is 39.3. The maximum Gasteiger partial charge on any atom is 0.407 e. The van der Waals surface area contributed by atoms with Crippen molar-refractivity contribution in [2.75, 3.05) is 65.4 Å². The van der Waals surface area contributed by atoms with Gasteiger partial charge in [-0.2, -0.15) is 0 Å². The van der Waals surface area contributed by atoms with Gasteiger partial charge in [0, 0.05) is 96.0 Å². The van der Waals surface area contributed by atoms with Crippen molar-refractivity contribution in [2.24, 2.45) is 11.3 Å². The molecule has 1 aliphatic carbocycles. The van der Waals surface area contributed by atoms with Gasteiger partial charge in [0.15, 0.2) is 0 Å². The number of methoxy groups -OCH3 is 2. The molecule has 13 nitrogen and oxygen atoms in total. The molecule has 4 aromatic rings. The molecule has 67 heavy (non-hydrogen) atoms. The molecule has 1 spiro atoms. The molecule has 5 aliphatic heterocycles. The highest BCUT2D eigenvalue weighted by Gasteiger charge is 2.78. The number of H-pyrrole nitrogens is 1. The number of aromatic nitrogens is 1. The highest BCUT2D eigenvalue weighted by Crippen LogP contribution is 2.68. The summed E-state index contributed by atoms with van der Waals surface area (Å²) >= 11 is 6.11. The number of fused-ring (bicyclic) bond motifs is 6. The van der Waals surface area contributed by atoms with Crippen LogP contribution in [0.1, 0.15) is 74.4 Å². The van der Waals surface area contributed by atoms with Gasteiger partial charge >= 0.3 is 18.0 Å². The van der Waals surface area contributed by atoms with Gasteiger partial charge in [0.05, 0.1) is 26.8 Å². The summed E-state index contributed by atoms with van der Waals surface area (Å²) in [4.78, 5) is 53.4. The molecule has 1 aromatic heterocycles. The number of para-hydroxylation sites is 1. The minimum Gasteiger partial charge on any atom is -0.496 e. The van der Waals surface area contributed by atoms with Gasteiger partial charge in [-0.15, -0.1) is 0 Å². The van der Waals surface area contributed by atoms with Gasteiger partial charge in [0.1, 0.15) is 29.5 Å². The maximum absolute atomic E-state index is 15.5. The number of hydrogen-bond acceptors (Lipinski definition) is 11. The van der Waals surface area contributed by atoms with Crippen molar-refractivity contribution in [3.05, 3.63) is 117 Å². The van der Waals surface area contributed by atoms with Crippen LogP contribution in [-0.4, -0.2) is 122 Å². The number of anilines is 1. The van der Waals surface area contributed by atoms with E-state index in [1.165, 1.54) is 19.6 Å². The molecular weight excluding hydrogens is 870 g/mol. The number of aromatic amines is 1. The molecule has 10 rings (SSSR count). The van der Waals surface area contributed by atoms with Crippen molar-refractivity contribution in [1.29, 1.82) is 0 Å². The molecule has 0 radical (unpaired) electrons. The van der Waals surface area contributed by atoms with Crippen LogP contribution in [0, 0.1) is 11.3 Å². The van der Waals surface area contributed by atoms with E-state index in [1.54, 1.807) is 31.4 Å². The number of aliphatic hydroxyl groups is 1. The molecule has 3 aromatic carbocycles. The molecule has 2 fully saturated rings. The summed E-state index contributed by atoms with van der Waals surface area (Å²) in [5.41, 5.74) is 2.54. The average Bonchev–Trinajstić information content (AvgIpc) is 4.00.